The zero-order valence-corrected chi connectivity index (χ0v) is 14.6. The maximum absolute atomic E-state index is 12.3. The Morgan fingerprint density at radius 2 is 2.04 bits per heavy atom. The predicted molar refractivity (Wildman–Crippen MR) is 98.3 cm³/mol. The monoisotopic (exact) mass is 363 g/mol. The van der Waals surface area contributed by atoms with Gasteiger partial charge in [0.05, 0.1) is 23.3 Å². The molecule has 2 heterocycles. The average molecular weight is 363 g/mol. The summed E-state index contributed by atoms with van der Waals surface area (Å²) in [6.07, 6.45) is 2.99. The van der Waals surface area contributed by atoms with Crippen LogP contribution in [-0.2, 0) is 16.1 Å². The molecule has 1 amide bonds. The maximum atomic E-state index is 12.3. The second-order valence-electron chi connectivity index (χ2n) is 5.64. The molecule has 27 heavy (non-hydrogen) atoms. The third kappa shape index (κ3) is 4.07. The number of anilines is 1. The van der Waals surface area contributed by atoms with Crippen LogP contribution >= 0.6 is 0 Å². The molecule has 136 valence electrons. The molecule has 0 aliphatic carbocycles. The summed E-state index contributed by atoms with van der Waals surface area (Å²) in [5.41, 5.74) is 2.56. The highest BCUT2D eigenvalue weighted by Gasteiger charge is 2.14. The van der Waals surface area contributed by atoms with E-state index in [-0.39, 0.29) is 18.8 Å². The van der Waals surface area contributed by atoms with Crippen LogP contribution in [0.2, 0.25) is 0 Å². The lowest BCUT2D eigenvalue weighted by Crippen LogP contribution is -2.14. The van der Waals surface area contributed by atoms with Crippen LogP contribution in [0.5, 0.6) is 0 Å². The van der Waals surface area contributed by atoms with Crippen LogP contribution in [0, 0.1) is 11.3 Å². The number of ether oxygens (including phenoxy) is 2. The zero-order valence-electron chi connectivity index (χ0n) is 14.6. The molecule has 0 fully saturated rings. The molecular formula is C20H17N3O4. The summed E-state index contributed by atoms with van der Waals surface area (Å²) < 4.78 is 12.0. The summed E-state index contributed by atoms with van der Waals surface area (Å²) in [4.78, 5) is 23.8. The van der Waals surface area contributed by atoms with Crippen molar-refractivity contribution in [2.45, 2.75) is 13.5 Å². The van der Waals surface area contributed by atoms with Gasteiger partial charge in [-0.25, -0.2) is 9.59 Å². The van der Waals surface area contributed by atoms with Crippen LogP contribution in [0.3, 0.4) is 0 Å². The lowest BCUT2D eigenvalue weighted by atomic mass is 10.2. The number of aromatic nitrogens is 1. The molecule has 0 saturated carbocycles. The highest BCUT2D eigenvalue weighted by molar-refractivity contribution is 5.92. The van der Waals surface area contributed by atoms with Gasteiger partial charge >= 0.3 is 12.1 Å². The van der Waals surface area contributed by atoms with Crippen molar-refractivity contribution in [2.75, 3.05) is 11.9 Å². The Kier molecular flexibility index (Phi) is 5.38. The number of carbonyl (C=O) groups is 2. The van der Waals surface area contributed by atoms with Gasteiger partial charge in [-0.15, -0.1) is 0 Å². The highest BCUT2D eigenvalue weighted by Crippen LogP contribution is 2.19. The maximum Gasteiger partial charge on any atom is 0.411 e. The van der Waals surface area contributed by atoms with E-state index in [1.807, 2.05) is 28.8 Å². The molecule has 0 aliphatic heterocycles. The molecule has 1 aromatic carbocycles. The quantitative estimate of drug-likeness (QED) is 0.697. The van der Waals surface area contributed by atoms with Crippen LogP contribution in [0.4, 0.5) is 10.5 Å². The number of amides is 1. The van der Waals surface area contributed by atoms with Gasteiger partial charge in [-0.1, -0.05) is 12.1 Å². The minimum atomic E-state index is -0.595. The first-order valence-electron chi connectivity index (χ1n) is 8.32. The molecule has 0 radical (unpaired) electrons. The van der Waals surface area contributed by atoms with Gasteiger partial charge in [-0.3, -0.25) is 5.32 Å². The normalized spacial score (nSPS) is 10.2. The molecule has 0 spiro atoms. The van der Waals surface area contributed by atoms with E-state index in [1.165, 1.54) is 6.07 Å². The Hall–Kier alpha value is -3.79. The van der Waals surface area contributed by atoms with Gasteiger partial charge in [0, 0.05) is 23.6 Å². The van der Waals surface area contributed by atoms with Crippen LogP contribution in [-0.4, -0.2) is 23.1 Å². The second-order valence-corrected chi connectivity index (χ2v) is 5.64. The lowest BCUT2D eigenvalue weighted by Gasteiger charge is -2.07. The first-order valence-corrected chi connectivity index (χ1v) is 8.32. The van der Waals surface area contributed by atoms with Gasteiger partial charge in [-0.2, -0.15) is 5.26 Å². The second kappa shape index (κ2) is 8.06. The number of nitrogens with one attached hydrogen (secondary N) is 1. The fraction of sp³-hybridized carbons (Fsp3) is 0.150. The molecule has 3 rings (SSSR count). The molecule has 7 nitrogen and oxygen atoms in total. The number of hydrogen-bond acceptors (Lipinski definition) is 5. The Labute approximate surface area is 155 Å². The van der Waals surface area contributed by atoms with Crippen LogP contribution in [0.25, 0.3) is 5.52 Å². The van der Waals surface area contributed by atoms with Crippen molar-refractivity contribution in [1.29, 1.82) is 5.26 Å². The number of carbonyl (C=O) groups excluding carboxylic acids is 2. The average Bonchev–Trinajstić information content (AvgIpc) is 3.04. The fourth-order valence-corrected chi connectivity index (χ4v) is 2.65. The number of esters is 1. The van der Waals surface area contributed by atoms with E-state index >= 15 is 0 Å². The Bertz CT molecular complexity index is 1030. The lowest BCUT2D eigenvalue weighted by molar-refractivity contribution is 0.0472. The van der Waals surface area contributed by atoms with Crippen molar-refractivity contribution in [2.24, 2.45) is 0 Å². The van der Waals surface area contributed by atoms with E-state index in [1.54, 1.807) is 31.3 Å². The molecule has 0 aliphatic rings. The number of rotatable bonds is 5. The van der Waals surface area contributed by atoms with E-state index in [4.69, 9.17) is 9.47 Å². The van der Waals surface area contributed by atoms with Gasteiger partial charge in [0.1, 0.15) is 12.7 Å². The van der Waals surface area contributed by atoms with E-state index < -0.39 is 12.1 Å². The summed E-state index contributed by atoms with van der Waals surface area (Å²) in [6, 6.07) is 14.0. The Morgan fingerprint density at radius 3 is 2.81 bits per heavy atom. The van der Waals surface area contributed by atoms with E-state index in [0.29, 0.717) is 16.8 Å². The van der Waals surface area contributed by atoms with Crippen LogP contribution < -0.4 is 5.32 Å². The minimum absolute atomic E-state index is 0.0288. The van der Waals surface area contributed by atoms with Crippen molar-refractivity contribution in [3.8, 4) is 6.07 Å². The van der Waals surface area contributed by atoms with Crippen molar-refractivity contribution in [3.05, 3.63) is 71.5 Å². The molecule has 1 N–H and O–H groups in total. The number of benzene rings is 1. The topological polar surface area (TPSA) is 92.8 Å². The molecule has 0 unspecified atom stereocenters. The summed E-state index contributed by atoms with van der Waals surface area (Å²) in [7, 11) is 0. The standard InChI is InChI=1S/C20H17N3O4/c1-2-26-20(25)22-16-7-5-6-14(10-16)19(24)27-13-15-12-23-9-4-3-8-18(23)17(15)11-21/h3-10,12H,2,13H2,1H3,(H,22,25). The number of hydrogen-bond donors (Lipinski definition) is 1. The first-order chi connectivity index (χ1) is 13.1. The van der Waals surface area contributed by atoms with Crippen LogP contribution in [0.1, 0.15) is 28.4 Å². The van der Waals surface area contributed by atoms with Crippen molar-refractivity contribution >= 4 is 23.3 Å². The van der Waals surface area contributed by atoms with Gasteiger partial charge < -0.3 is 13.9 Å². The molecule has 0 atom stereocenters. The van der Waals surface area contributed by atoms with Crippen molar-refractivity contribution < 1.29 is 19.1 Å². The van der Waals surface area contributed by atoms with E-state index in [2.05, 4.69) is 11.4 Å². The van der Waals surface area contributed by atoms with Crippen LogP contribution in [0.15, 0.2) is 54.9 Å². The van der Waals surface area contributed by atoms with E-state index in [9.17, 15) is 14.9 Å². The summed E-state index contributed by atoms with van der Waals surface area (Å²) in [5.74, 6) is -0.554. The molecule has 2 aromatic heterocycles. The number of nitrogens with zero attached hydrogens (tertiary/aromatic N) is 2. The van der Waals surface area contributed by atoms with Crippen molar-refractivity contribution in [3.63, 3.8) is 0 Å². The first kappa shape index (κ1) is 18.0. The molecule has 0 saturated heterocycles. The van der Waals surface area contributed by atoms with E-state index in [0.717, 1.165) is 5.52 Å². The third-order valence-electron chi connectivity index (χ3n) is 3.85. The smallest absolute Gasteiger partial charge is 0.411 e. The van der Waals surface area contributed by atoms with Gasteiger partial charge in [0.25, 0.3) is 0 Å². The molecule has 0 bridgehead atoms. The number of nitriles is 1. The predicted octanol–water partition coefficient (Wildman–Crippen LogP) is 3.74. The van der Waals surface area contributed by atoms with Gasteiger partial charge in [-0.05, 0) is 37.3 Å². The Morgan fingerprint density at radius 1 is 1.19 bits per heavy atom. The Balaban J connectivity index is 1.71. The fourth-order valence-electron chi connectivity index (χ4n) is 2.65. The van der Waals surface area contributed by atoms with Gasteiger partial charge in [0.2, 0.25) is 0 Å². The summed E-state index contributed by atoms with van der Waals surface area (Å²) in [5, 5.41) is 11.9. The third-order valence-corrected chi connectivity index (χ3v) is 3.85. The zero-order chi connectivity index (χ0) is 19.2. The largest absolute Gasteiger partial charge is 0.457 e. The number of pyridine rings is 1. The SMILES string of the molecule is CCOC(=O)Nc1cccc(C(=O)OCc2cn3ccccc3c2C#N)c1. The number of fused-ring (bicyclic) bond motifs is 1. The highest BCUT2D eigenvalue weighted by atomic mass is 16.5. The molecule has 7 heteroatoms. The van der Waals surface area contributed by atoms with Gasteiger partial charge in [0.15, 0.2) is 0 Å². The molecule has 3 aromatic rings. The summed E-state index contributed by atoms with van der Waals surface area (Å²) >= 11 is 0. The minimum Gasteiger partial charge on any atom is -0.457 e. The van der Waals surface area contributed by atoms with Crippen molar-refractivity contribution in [1.82, 2.24) is 4.40 Å². The summed E-state index contributed by atoms with van der Waals surface area (Å²) in [6.45, 7) is 1.92. The molecular weight excluding hydrogens is 346 g/mol.